The number of carbonyl (C=O) groups excluding carboxylic acids is 1. The fraction of sp³-hybridized carbons (Fsp3) is 0.944. The monoisotopic (exact) mass is 333 g/mol. The van der Waals surface area contributed by atoms with Crippen molar-refractivity contribution in [3.63, 3.8) is 0 Å². The summed E-state index contributed by atoms with van der Waals surface area (Å²) in [4.78, 5) is 12.4. The van der Waals surface area contributed by atoms with Crippen LogP contribution in [0.1, 0.15) is 72.1 Å². The molecule has 134 valence electrons. The van der Waals surface area contributed by atoms with Gasteiger partial charge in [0.25, 0.3) is 0 Å². The molecule has 0 aromatic rings. The molecule has 23 heavy (non-hydrogen) atoms. The van der Waals surface area contributed by atoms with Crippen LogP contribution in [0.15, 0.2) is 0 Å². The molecule has 0 heterocycles. The second-order valence-corrected chi connectivity index (χ2v) is 8.53. The number of halogens is 3. The first kappa shape index (κ1) is 18.6. The minimum absolute atomic E-state index is 0.0140. The van der Waals surface area contributed by atoms with Crippen LogP contribution in [-0.4, -0.2) is 18.1 Å². The van der Waals surface area contributed by atoms with Crippen LogP contribution < -0.4 is 5.32 Å². The van der Waals surface area contributed by atoms with Gasteiger partial charge in [0.1, 0.15) is 0 Å². The van der Waals surface area contributed by atoms with Gasteiger partial charge in [-0.3, -0.25) is 4.79 Å². The molecule has 2 aliphatic rings. The van der Waals surface area contributed by atoms with Crippen molar-refractivity contribution in [3.8, 4) is 0 Å². The Kier molecular flexibility index (Phi) is 5.68. The molecule has 0 aromatic heterocycles. The molecule has 1 N–H and O–H groups in total. The van der Waals surface area contributed by atoms with E-state index in [-0.39, 0.29) is 36.1 Å². The molecule has 2 rings (SSSR count). The third-order valence-electron chi connectivity index (χ3n) is 5.81. The number of nitrogens with one attached hydrogen (secondary N) is 1. The van der Waals surface area contributed by atoms with Crippen LogP contribution >= 0.6 is 0 Å². The van der Waals surface area contributed by atoms with Gasteiger partial charge in [0.05, 0.1) is 5.92 Å². The van der Waals surface area contributed by atoms with Gasteiger partial charge < -0.3 is 5.32 Å². The highest BCUT2D eigenvalue weighted by atomic mass is 19.4. The van der Waals surface area contributed by atoms with E-state index >= 15 is 0 Å². The summed E-state index contributed by atoms with van der Waals surface area (Å²) in [5.41, 5.74) is 0.269. The lowest BCUT2D eigenvalue weighted by atomic mass is 9.69. The summed E-state index contributed by atoms with van der Waals surface area (Å²) in [6, 6.07) is -0.303. The summed E-state index contributed by atoms with van der Waals surface area (Å²) in [6.45, 7) is 6.70. The number of rotatable bonds is 2. The minimum Gasteiger partial charge on any atom is -0.353 e. The fourth-order valence-electron chi connectivity index (χ4n) is 4.16. The molecule has 2 aliphatic carbocycles. The summed E-state index contributed by atoms with van der Waals surface area (Å²) < 4.78 is 38.5. The fourth-order valence-corrected chi connectivity index (χ4v) is 4.16. The predicted octanol–water partition coefficient (Wildman–Crippen LogP) is 5.08. The molecule has 0 bridgehead atoms. The molecule has 2 atom stereocenters. The number of alkyl halides is 3. The third kappa shape index (κ3) is 5.12. The molecule has 2 saturated carbocycles. The largest absolute Gasteiger partial charge is 0.391 e. The quantitative estimate of drug-likeness (QED) is 0.750. The maximum absolute atomic E-state index is 12.8. The Hall–Kier alpha value is -0.740. The molecule has 2 unspecified atom stereocenters. The first-order chi connectivity index (χ1) is 10.6. The second kappa shape index (κ2) is 7.02. The maximum Gasteiger partial charge on any atom is 0.391 e. The average Bonchev–Trinajstić information content (AvgIpc) is 2.46. The molecule has 2 fully saturated rings. The zero-order valence-corrected chi connectivity index (χ0v) is 14.5. The van der Waals surface area contributed by atoms with E-state index in [1.807, 2.05) is 0 Å². The van der Waals surface area contributed by atoms with E-state index in [1.54, 1.807) is 0 Å². The Morgan fingerprint density at radius 2 is 1.52 bits per heavy atom. The zero-order valence-electron chi connectivity index (χ0n) is 14.5. The average molecular weight is 333 g/mol. The van der Waals surface area contributed by atoms with E-state index in [4.69, 9.17) is 0 Å². The summed E-state index contributed by atoms with van der Waals surface area (Å²) in [5, 5.41) is 2.91. The SMILES string of the molecule is CC(C)(C)C1CCC(C(=O)NC2CCCC(C(F)(F)F)C2)CC1. The van der Waals surface area contributed by atoms with Gasteiger partial charge in [-0.1, -0.05) is 27.2 Å². The van der Waals surface area contributed by atoms with E-state index in [0.717, 1.165) is 25.7 Å². The van der Waals surface area contributed by atoms with Crippen molar-refractivity contribution < 1.29 is 18.0 Å². The smallest absolute Gasteiger partial charge is 0.353 e. The van der Waals surface area contributed by atoms with Crippen molar-refractivity contribution >= 4 is 5.91 Å². The number of carbonyl (C=O) groups is 1. The number of hydrogen-bond donors (Lipinski definition) is 1. The Morgan fingerprint density at radius 3 is 2.04 bits per heavy atom. The lowest BCUT2D eigenvalue weighted by molar-refractivity contribution is -0.184. The van der Waals surface area contributed by atoms with Crippen LogP contribution in [0.25, 0.3) is 0 Å². The topological polar surface area (TPSA) is 29.1 Å². The van der Waals surface area contributed by atoms with Crippen molar-refractivity contribution in [2.75, 3.05) is 0 Å². The molecule has 1 amide bonds. The molecule has 0 aliphatic heterocycles. The van der Waals surface area contributed by atoms with Gasteiger partial charge in [0, 0.05) is 12.0 Å². The molecular formula is C18H30F3NO. The van der Waals surface area contributed by atoms with E-state index in [9.17, 15) is 18.0 Å². The van der Waals surface area contributed by atoms with Crippen LogP contribution in [0.4, 0.5) is 13.2 Å². The van der Waals surface area contributed by atoms with Crippen LogP contribution in [0, 0.1) is 23.2 Å². The maximum atomic E-state index is 12.8. The Bertz CT molecular complexity index is 405. The summed E-state index contributed by atoms with van der Waals surface area (Å²) in [5.74, 6) is -0.654. The molecule has 0 saturated heterocycles. The second-order valence-electron chi connectivity index (χ2n) is 8.53. The van der Waals surface area contributed by atoms with Gasteiger partial charge in [0.2, 0.25) is 5.91 Å². The highest BCUT2D eigenvalue weighted by molar-refractivity contribution is 5.79. The van der Waals surface area contributed by atoms with Crippen LogP contribution in [0.5, 0.6) is 0 Å². The van der Waals surface area contributed by atoms with Gasteiger partial charge in [-0.2, -0.15) is 13.2 Å². The Morgan fingerprint density at radius 1 is 0.913 bits per heavy atom. The van der Waals surface area contributed by atoms with Gasteiger partial charge >= 0.3 is 6.18 Å². The first-order valence-corrected chi connectivity index (χ1v) is 8.94. The minimum atomic E-state index is -4.13. The molecular weight excluding hydrogens is 303 g/mol. The molecule has 0 radical (unpaired) electrons. The van der Waals surface area contributed by atoms with Crippen LogP contribution in [0.3, 0.4) is 0 Å². The van der Waals surface area contributed by atoms with Crippen molar-refractivity contribution in [2.24, 2.45) is 23.2 Å². The molecule has 2 nitrogen and oxygen atoms in total. The Labute approximate surface area is 137 Å². The predicted molar refractivity (Wildman–Crippen MR) is 84.8 cm³/mol. The van der Waals surface area contributed by atoms with Gasteiger partial charge in [-0.15, -0.1) is 0 Å². The van der Waals surface area contributed by atoms with Crippen molar-refractivity contribution in [1.82, 2.24) is 5.32 Å². The first-order valence-electron chi connectivity index (χ1n) is 8.94. The lowest BCUT2D eigenvalue weighted by Gasteiger charge is -2.37. The number of hydrogen-bond acceptors (Lipinski definition) is 1. The third-order valence-corrected chi connectivity index (χ3v) is 5.81. The van der Waals surface area contributed by atoms with Crippen LogP contribution in [0.2, 0.25) is 0 Å². The van der Waals surface area contributed by atoms with E-state index in [0.29, 0.717) is 18.8 Å². The summed E-state index contributed by atoms with van der Waals surface area (Å²) in [6.07, 6.45) is 1.15. The normalized spacial score (nSPS) is 33.3. The van der Waals surface area contributed by atoms with Crippen molar-refractivity contribution in [2.45, 2.75) is 84.4 Å². The molecule has 5 heteroatoms. The standard InChI is InChI=1S/C18H30F3NO/c1-17(2,3)13-9-7-12(8-10-13)16(23)22-15-6-4-5-14(11-15)18(19,20)21/h12-15H,4-11H2,1-3H3,(H,22,23). The van der Waals surface area contributed by atoms with Crippen molar-refractivity contribution in [3.05, 3.63) is 0 Å². The zero-order chi connectivity index (χ0) is 17.3. The van der Waals surface area contributed by atoms with E-state index in [1.165, 1.54) is 0 Å². The van der Waals surface area contributed by atoms with Gasteiger partial charge in [-0.25, -0.2) is 0 Å². The molecule has 0 aromatic carbocycles. The number of amides is 1. The van der Waals surface area contributed by atoms with Gasteiger partial charge in [0.15, 0.2) is 0 Å². The summed E-state index contributed by atoms with van der Waals surface area (Å²) in [7, 11) is 0. The van der Waals surface area contributed by atoms with Crippen molar-refractivity contribution in [1.29, 1.82) is 0 Å². The Balaban J connectivity index is 1.81. The van der Waals surface area contributed by atoms with E-state index in [2.05, 4.69) is 26.1 Å². The van der Waals surface area contributed by atoms with Crippen LogP contribution in [-0.2, 0) is 4.79 Å². The highest BCUT2D eigenvalue weighted by Gasteiger charge is 2.42. The van der Waals surface area contributed by atoms with Gasteiger partial charge in [-0.05, 0) is 56.3 Å². The highest BCUT2D eigenvalue weighted by Crippen LogP contribution is 2.40. The summed E-state index contributed by atoms with van der Waals surface area (Å²) >= 11 is 0. The lowest BCUT2D eigenvalue weighted by Crippen LogP contribution is -2.44. The van der Waals surface area contributed by atoms with E-state index < -0.39 is 12.1 Å². The molecule has 0 spiro atoms.